The maximum Gasteiger partial charge on any atom is 0.220 e. The Morgan fingerprint density at radius 3 is 2.60 bits per heavy atom. The summed E-state index contributed by atoms with van der Waals surface area (Å²) in [6.07, 6.45) is 0. The van der Waals surface area contributed by atoms with Crippen LogP contribution in [-0.2, 0) is 6.61 Å². The minimum absolute atomic E-state index is 0.196. The molecular weight excluding hydrogens is 507 g/mol. The molecule has 1 aromatic heterocycles. The van der Waals surface area contributed by atoms with Gasteiger partial charge in [-0.15, -0.1) is 10.2 Å². The predicted octanol–water partition coefficient (Wildman–Crippen LogP) is 6.88. The highest BCUT2D eigenvalue weighted by Gasteiger charge is 2.26. The highest BCUT2D eigenvalue weighted by molar-refractivity contribution is 7.99. The molecule has 0 saturated carbocycles. The molecule has 0 spiro atoms. The quantitative estimate of drug-likeness (QED) is 0.134. The molecule has 180 valence electrons. The molecule has 1 heterocycles. The summed E-state index contributed by atoms with van der Waals surface area (Å²) >= 11 is 13.6. The van der Waals surface area contributed by atoms with E-state index in [0.29, 0.717) is 32.3 Å². The molecule has 4 rings (SSSR count). The molecule has 35 heavy (non-hydrogen) atoms. The number of nitro groups is 1. The Labute approximate surface area is 217 Å². The van der Waals surface area contributed by atoms with Crippen LogP contribution in [0.15, 0.2) is 71.9 Å². The van der Waals surface area contributed by atoms with E-state index in [1.54, 1.807) is 24.3 Å². The van der Waals surface area contributed by atoms with Crippen molar-refractivity contribution in [1.29, 1.82) is 0 Å². The number of rotatable bonds is 9. The molecule has 0 fully saturated rings. The zero-order valence-corrected chi connectivity index (χ0v) is 21.3. The van der Waals surface area contributed by atoms with Crippen LogP contribution in [0.4, 0.5) is 0 Å². The van der Waals surface area contributed by atoms with Gasteiger partial charge in [-0.05, 0) is 49.7 Å². The van der Waals surface area contributed by atoms with Crippen LogP contribution in [0.25, 0.3) is 5.69 Å². The summed E-state index contributed by atoms with van der Waals surface area (Å²) in [6, 6.07) is 20.4. The van der Waals surface area contributed by atoms with Gasteiger partial charge in [-0.1, -0.05) is 71.4 Å². The lowest BCUT2D eigenvalue weighted by molar-refractivity contribution is -0.479. The van der Waals surface area contributed by atoms with Crippen LogP contribution in [0.3, 0.4) is 0 Å². The molecule has 0 unspecified atom stereocenters. The number of hydrogen-bond donors (Lipinski definition) is 0. The fourth-order valence-corrected chi connectivity index (χ4v) is 5.28. The zero-order chi connectivity index (χ0) is 24.9. The van der Waals surface area contributed by atoms with Crippen molar-refractivity contribution in [2.24, 2.45) is 0 Å². The van der Waals surface area contributed by atoms with Crippen LogP contribution in [0.5, 0.6) is 5.75 Å². The number of para-hydroxylation sites is 1. The second kappa shape index (κ2) is 11.1. The number of nitrogens with zero attached hydrogens (tertiary/aromatic N) is 4. The molecule has 3 aromatic carbocycles. The number of benzene rings is 3. The Morgan fingerprint density at radius 1 is 1.06 bits per heavy atom. The van der Waals surface area contributed by atoms with E-state index in [4.69, 9.17) is 27.9 Å². The minimum Gasteiger partial charge on any atom is -0.489 e. The lowest BCUT2D eigenvalue weighted by atomic mass is 10.1. The highest BCUT2D eigenvalue weighted by Crippen LogP contribution is 2.40. The first-order chi connectivity index (χ1) is 16.8. The minimum atomic E-state index is -0.561. The molecule has 0 aliphatic carbocycles. The fraction of sp³-hybridized carbons (Fsp3) is 0.200. The van der Waals surface area contributed by atoms with Crippen LogP contribution in [0, 0.1) is 24.0 Å². The predicted molar refractivity (Wildman–Crippen MR) is 139 cm³/mol. The number of hydrogen-bond acceptors (Lipinski definition) is 6. The van der Waals surface area contributed by atoms with Gasteiger partial charge >= 0.3 is 0 Å². The van der Waals surface area contributed by atoms with E-state index in [1.807, 2.05) is 60.9 Å². The first-order valence-corrected chi connectivity index (χ1v) is 12.4. The van der Waals surface area contributed by atoms with Gasteiger partial charge < -0.3 is 4.74 Å². The summed E-state index contributed by atoms with van der Waals surface area (Å²) in [5.74, 6) is 1.23. The Bertz CT molecular complexity index is 1360. The van der Waals surface area contributed by atoms with Crippen LogP contribution >= 0.6 is 35.0 Å². The number of aromatic nitrogens is 3. The van der Waals surface area contributed by atoms with E-state index in [0.717, 1.165) is 16.8 Å². The van der Waals surface area contributed by atoms with Gasteiger partial charge in [0, 0.05) is 31.8 Å². The molecule has 0 saturated heterocycles. The van der Waals surface area contributed by atoms with Gasteiger partial charge in [0.05, 0.1) is 0 Å². The van der Waals surface area contributed by atoms with E-state index in [9.17, 15) is 10.1 Å². The first kappa shape index (κ1) is 25.0. The number of thioether (sulfide) groups is 1. The van der Waals surface area contributed by atoms with Crippen LogP contribution in [0.2, 0.25) is 10.0 Å². The third-order valence-corrected chi connectivity index (χ3v) is 7.03. The molecule has 0 amide bonds. The average Bonchev–Trinajstić information content (AvgIpc) is 3.18. The van der Waals surface area contributed by atoms with Crippen molar-refractivity contribution >= 4 is 35.0 Å². The molecule has 0 N–H and O–H groups in total. The van der Waals surface area contributed by atoms with E-state index >= 15 is 0 Å². The number of ether oxygens (including phenoxy) is 1. The molecule has 0 radical (unpaired) electrons. The maximum absolute atomic E-state index is 11.6. The number of halogens is 2. The topological polar surface area (TPSA) is 83.1 Å². The zero-order valence-electron chi connectivity index (χ0n) is 19.0. The van der Waals surface area contributed by atoms with Gasteiger partial charge in [-0.25, -0.2) is 0 Å². The van der Waals surface area contributed by atoms with E-state index in [1.165, 1.54) is 11.8 Å². The first-order valence-electron chi connectivity index (χ1n) is 10.7. The van der Waals surface area contributed by atoms with E-state index in [2.05, 4.69) is 10.2 Å². The normalized spacial score (nSPS) is 11.9. The summed E-state index contributed by atoms with van der Waals surface area (Å²) < 4.78 is 7.98. The average molecular weight is 529 g/mol. The number of aryl methyl sites for hydroxylation is 2. The van der Waals surface area contributed by atoms with Gasteiger partial charge in [0.25, 0.3) is 0 Å². The maximum atomic E-state index is 11.6. The van der Waals surface area contributed by atoms with Crippen LogP contribution in [-0.4, -0.2) is 26.2 Å². The molecule has 4 aromatic rings. The van der Waals surface area contributed by atoms with Gasteiger partial charge in [0.1, 0.15) is 23.4 Å². The largest absolute Gasteiger partial charge is 0.489 e. The van der Waals surface area contributed by atoms with Crippen LogP contribution in [0.1, 0.15) is 27.8 Å². The second-order valence-electron chi connectivity index (χ2n) is 7.89. The third kappa shape index (κ3) is 6.14. The van der Waals surface area contributed by atoms with Crippen LogP contribution < -0.4 is 4.74 Å². The molecule has 0 aliphatic rings. The summed E-state index contributed by atoms with van der Waals surface area (Å²) in [5.41, 5.74) is 3.44. The SMILES string of the molecule is Cc1cccc(-n2c(C)nnc2S[C@@H](C[N+](=O)[O-])c2ccccc2OCc2ccc(Cl)cc2Cl)c1. The van der Waals surface area contributed by atoms with Crippen molar-refractivity contribution in [3.8, 4) is 11.4 Å². The van der Waals surface area contributed by atoms with Gasteiger partial charge in [0.15, 0.2) is 5.16 Å². The second-order valence-corrected chi connectivity index (χ2v) is 9.90. The van der Waals surface area contributed by atoms with Crippen molar-refractivity contribution in [2.45, 2.75) is 30.9 Å². The Kier molecular flexibility index (Phi) is 7.95. The van der Waals surface area contributed by atoms with Gasteiger partial charge in [-0.2, -0.15) is 0 Å². The summed E-state index contributed by atoms with van der Waals surface area (Å²) in [4.78, 5) is 11.3. The van der Waals surface area contributed by atoms with E-state index in [-0.39, 0.29) is 18.1 Å². The van der Waals surface area contributed by atoms with Gasteiger partial charge in [-0.3, -0.25) is 14.7 Å². The molecule has 0 bridgehead atoms. The fourth-order valence-electron chi connectivity index (χ4n) is 3.62. The van der Waals surface area contributed by atoms with Crippen molar-refractivity contribution < 1.29 is 9.66 Å². The van der Waals surface area contributed by atoms with E-state index < -0.39 is 5.25 Å². The highest BCUT2D eigenvalue weighted by atomic mass is 35.5. The third-order valence-electron chi connectivity index (χ3n) is 5.28. The summed E-state index contributed by atoms with van der Waals surface area (Å²) in [6.45, 7) is 3.74. The van der Waals surface area contributed by atoms with Crippen molar-refractivity contribution in [3.63, 3.8) is 0 Å². The Balaban J connectivity index is 1.65. The molecule has 7 nitrogen and oxygen atoms in total. The molecule has 10 heteroatoms. The van der Waals surface area contributed by atoms with Crippen molar-refractivity contribution in [3.05, 3.63) is 109 Å². The Hall–Kier alpha value is -3.07. The van der Waals surface area contributed by atoms with Gasteiger partial charge in [0.2, 0.25) is 6.54 Å². The molecular formula is C25H22Cl2N4O3S. The lowest BCUT2D eigenvalue weighted by Gasteiger charge is -2.18. The lowest BCUT2D eigenvalue weighted by Crippen LogP contribution is -2.12. The standard InChI is InChI=1S/C25H22Cl2N4O3S/c1-16-6-5-7-20(12-16)31-17(2)28-29-25(31)35-24(14-30(32)33)21-8-3-4-9-23(21)34-15-18-10-11-19(26)13-22(18)27/h3-13,24H,14-15H2,1-2H3/t24-/m0/s1. The summed E-state index contributed by atoms with van der Waals surface area (Å²) in [5, 5.41) is 21.2. The smallest absolute Gasteiger partial charge is 0.220 e. The van der Waals surface area contributed by atoms with Crippen molar-refractivity contribution in [2.75, 3.05) is 6.54 Å². The molecule has 1 atom stereocenters. The Morgan fingerprint density at radius 2 is 1.86 bits per heavy atom. The molecule has 0 aliphatic heterocycles. The monoisotopic (exact) mass is 528 g/mol. The van der Waals surface area contributed by atoms with Crippen molar-refractivity contribution in [1.82, 2.24) is 14.8 Å². The summed E-state index contributed by atoms with van der Waals surface area (Å²) in [7, 11) is 0.